The molecule has 0 aromatic heterocycles. The second-order valence-electron chi connectivity index (χ2n) is 5.89. The van der Waals surface area contributed by atoms with Gasteiger partial charge in [-0.3, -0.25) is 0 Å². The molecule has 0 aliphatic rings. The van der Waals surface area contributed by atoms with Crippen LogP contribution in [-0.4, -0.2) is 22.3 Å². The number of nitrogens with zero attached hydrogens (tertiary/aromatic N) is 1. The van der Waals surface area contributed by atoms with Crippen molar-refractivity contribution in [2.24, 2.45) is 0 Å². The zero-order valence-corrected chi connectivity index (χ0v) is 17.9. The minimum atomic E-state index is -6.30. The lowest BCUT2D eigenvalue weighted by Crippen LogP contribution is -2.25. The molecular weight excluding hydrogens is 475 g/mol. The maximum absolute atomic E-state index is 12.6. The van der Waals surface area contributed by atoms with Crippen molar-refractivity contribution < 1.29 is 34.2 Å². The molecule has 0 N–H and O–H groups in total. The van der Waals surface area contributed by atoms with Gasteiger partial charge in [0.15, 0.2) is 25.6 Å². The Bertz CT molecular complexity index is 1210. The third-order valence-corrected chi connectivity index (χ3v) is 8.46. The summed E-state index contributed by atoms with van der Waals surface area (Å²) in [6.45, 7) is 0. The first-order valence-electron chi connectivity index (χ1n) is 8.43. The molecule has 0 spiro atoms. The maximum atomic E-state index is 12.6. The quantitative estimate of drug-likeness (QED) is 0.452. The van der Waals surface area contributed by atoms with Crippen molar-refractivity contribution in [1.29, 1.82) is 0 Å². The molecule has 0 saturated carbocycles. The summed E-state index contributed by atoms with van der Waals surface area (Å²) in [7, 11) is -12.7. The average molecular weight is 490 g/mol. The van der Waals surface area contributed by atoms with Crippen molar-refractivity contribution in [3.8, 4) is 5.75 Å². The van der Waals surface area contributed by atoms with E-state index in [4.69, 9.17) is 4.18 Å². The van der Waals surface area contributed by atoms with Gasteiger partial charge in [0.05, 0.1) is 0 Å². The van der Waals surface area contributed by atoms with E-state index in [-0.39, 0.29) is 5.75 Å². The van der Waals surface area contributed by atoms with Gasteiger partial charge in [-0.15, -0.1) is 0 Å². The Balaban J connectivity index is 2.06. The van der Waals surface area contributed by atoms with Crippen LogP contribution < -0.4 is 4.18 Å². The van der Waals surface area contributed by atoms with E-state index in [9.17, 15) is 30.0 Å². The van der Waals surface area contributed by atoms with Crippen LogP contribution in [0.5, 0.6) is 5.75 Å². The SMILES string of the molecule is O=S(=O)([N-]S(=O)(=O)C(F)(F)F)Oc1ccccc1[S+](c1ccccc1)c1ccccc1. The van der Waals surface area contributed by atoms with Crippen LogP contribution in [0.2, 0.25) is 0 Å². The molecule has 0 saturated heterocycles. The summed E-state index contributed by atoms with van der Waals surface area (Å²) in [6.07, 6.45) is 0. The van der Waals surface area contributed by atoms with E-state index < -0.39 is 36.7 Å². The standard InChI is InChI=1S/C19H14F3NO5S3/c20-19(21,22)30(24,25)23-31(26,27)28-17-13-7-8-14-18(17)29(15-9-3-1-4-10-15)16-11-5-2-6-12-16/h1-14H. The number of alkyl halides is 3. The number of hydrogen-bond acceptors (Lipinski definition) is 5. The van der Waals surface area contributed by atoms with Crippen LogP contribution in [0.4, 0.5) is 13.2 Å². The summed E-state index contributed by atoms with van der Waals surface area (Å²) in [5.74, 6) is -0.334. The van der Waals surface area contributed by atoms with Crippen molar-refractivity contribution in [3.63, 3.8) is 0 Å². The molecule has 0 aliphatic heterocycles. The molecule has 0 heterocycles. The topological polar surface area (TPSA) is 91.6 Å². The van der Waals surface area contributed by atoms with Gasteiger partial charge in [-0.2, -0.15) is 13.2 Å². The van der Waals surface area contributed by atoms with Gasteiger partial charge in [-0.1, -0.05) is 48.5 Å². The third kappa shape index (κ3) is 5.58. The van der Waals surface area contributed by atoms with E-state index in [0.717, 1.165) is 9.79 Å². The van der Waals surface area contributed by atoms with Crippen LogP contribution in [0.15, 0.2) is 99.6 Å². The Morgan fingerprint density at radius 3 is 1.65 bits per heavy atom. The zero-order chi connectivity index (χ0) is 22.7. The third-order valence-electron chi connectivity index (χ3n) is 3.70. The van der Waals surface area contributed by atoms with Crippen LogP contribution in [-0.2, 0) is 31.2 Å². The molecule has 0 amide bonds. The molecule has 31 heavy (non-hydrogen) atoms. The summed E-state index contributed by atoms with van der Waals surface area (Å²) >= 11 is 0. The second kappa shape index (κ2) is 8.91. The Labute approximate surface area is 180 Å². The average Bonchev–Trinajstić information content (AvgIpc) is 2.69. The van der Waals surface area contributed by atoms with Crippen molar-refractivity contribution in [1.82, 2.24) is 0 Å². The van der Waals surface area contributed by atoms with Crippen molar-refractivity contribution >= 4 is 31.2 Å². The molecular formula is C19H14F3NO5S3. The van der Waals surface area contributed by atoms with Crippen molar-refractivity contribution in [2.45, 2.75) is 20.2 Å². The fourth-order valence-electron chi connectivity index (χ4n) is 2.48. The molecule has 0 bridgehead atoms. The molecule has 3 aromatic rings. The monoisotopic (exact) mass is 489 g/mol. The smallest absolute Gasteiger partial charge is 0.393 e. The Hall–Kier alpha value is -2.54. The molecule has 6 nitrogen and oxygen atoms in total. The van der Waals surface area contributed by atoms with Gasteiger partial charge in [-0.05, 0) is 36.4 Å². The van der Waals surface area contributed by atoms with Crippen molar-refractivity contribution in [2.75, 3.05) is 0 Å². The fraction of sp³-hybridized carbons (Fsp3) is 0.0526. The summed E-state index contributed by atoms with van der Waals surface area (Å²) in [5, 5.41) is 0. The largest absolute Gasteiger partial charge is 0.480 e. The molecule has 0 fully saturated rings. The van der Waals surface area contributed by atoms with Crippen LogP contribution in [0.3, 0.4) is 0 Å². The predicted octanol–water partition coefficient (Wildman–Crippen LogP) is 4.63. The van der Waals surface area contributed by atoms with Gasteiger partial charge < -0.3 is 8.31 Å². The van der Waals surface area contributed by atoms with E-state index in [1.807, 2.05) is 4.13 Å². The first-order valence-corrected chi connectivity index (χ1v) is 12.5. The molecule has 0 aliphatic carbocycles. The van der Waals surface area contributed by atoms with E-state index in [1.165, 1.54) is 12.1 Å². The Morgan fingerprint density at radius 1 is 0.710 bits per heavy atom. The molecule has 0 atom stereocenters. The predicted molar refractivity (Wildman–Crippen MR) is 109 cm³/mol. The Morgan fingerprint density at radius 2 is 1.16 bits per heavy atom. The molecule has 3 aromatic carbocycles. The molecule has 164 valence electrons. The van der Waals surface area contributed by atoms with E-state index >= 15 is 0 Å². The van der Waals surface area contributed by atoms with Gasteiger partial charge in [-0.25, -0.2) is 16.8 Å². The molecule has 0 radical (unpaired) electrons. The number of para-hydroxylation sites is 1. The van der Waals surface area contributed by atoms with E-state index in [0.29, 0.717) is 4.90 Å². The normalized spacial score (nSPS) is 12.6. The highest BCUT2D eigenvalue weighted by Crippen LogP contribution is 2.38. The van der Waals surface area contributed by atoms with Crippen LogP contribution >= 0.6 is 0 Å². The highest BCUT2D eigenvalue weighted by Gasteiger charge is 2.41. The van der Waals surface area contributed by atoms with E-state index in [1.54, 1.807) is 72.8 Å². The van der Waals surface area contributed by atoms with E-state index in [2.05, 4.69) is 0 Å². The van der Waals surface area contributed by atoms with Crippen LogP contribution in [0.25, 0.3) is 4.13 Å². The van der Waals surface area contributed by atoms with Crippen LogP contribution in [0.1, 0.15) is 0 Å². The lowest BCUT2D eigenvalue weighted by molar-refractivity contribution is -0.0425. The highest BCUT2D eigenvalue weighted by atomic mass is 32.3. The second-order valence-corrected chi connectivity index (χ2v) is 10.9. The summed E-state index contributed by atoms with van der Waals surface area (Å²) < 4.78 is 90.8. The van der Waals surface area contributed by atoms with Crippen molar-refractivity contribution in [3.05, 3.63) is 89.1 Å². The minimum Gasteiger partial charge on any atom is -0.393 e. The summed E-state index contributed by atoms with van der Waals surface area (Å²) in [6, 6.07) is 23.7. The molecule has 0 unspecified atom stereocenters. The van der Waals surface area contributed by atoms with Gasteiger partial charge in [0.2, 0.25) is 15.2 Å². The van der Waals surface area contributed by atoms with Gasteiger partial charge in [0, 0.05) is 0 Å². The summed E-state index contributed by atoms with van der Waals surface area (Å²) in [4.78, 5) is 1.88. The van der Waals surface area contributed by atoms with Gasteiger partial charge >= 0.3 is 5.51 Å². The number of halogens is 3. The first kappa shape index (κ1) is 23.1. The highest BCUT2D eigenvalue weighted by molar-refractivity contribution is 8.10. The maximum Gasteiger partial charge on any atom is 0.480 e. The van der Waals surface area contributed by atoms with Gasteiger partial charge in [0.25, 0.3) is 0 Å². The number of rotatable bonds is 7. The molecule has 12 heteroatoms. The summed E-state index contributed by atoms with van der Waals surface area (Å²) in [5.41, 5.74) is -5.87. The zero-order valence-electron chi connectivity index (χ0n) is 15.4. The number of benzene rings is 3. The minimum absolute atomic E-state index is 0.322. The van der Waals surface area contributed by atoms with Gasteiger partial charge in [0.1, 0.15) is 10.9 Å². The number of sulfonamides is 1. The lowest BCUT2D eigenvalue weighted by atomic mass is 10.3. The van der Waals surface area contributed by atoms with Crippen LogP contribution in [0, 0.1) is 0 Å². The lowest BCUT2D eigenvalue weighted by Gasteiger charge is -2.22. The first-order chi connectivity index (χ1) is 14.5. The Kier molecular flexibility index (Phi) is 6.65. The fourth-order valence-corrected chi connectivity index (χ4v) is 6.49. The molecule has 3 rings (SSSR count). The number of hydrogen-bond donors (Lipinski definition) is 0.